The van der Waals surface area contributed by atoms with Crippen LogP contribution in [0.2, 0.25) is 0 Å². The molecular formula is C20H27N3O3S2. The lowest BCUT2D eigenvalue weighted by Gasteiger charge is -2.22. The number of rotatable bonds is 6. The van der Waals surface area contributed by atoms with Crippen LogP contribution in [0.4, 0.5) is 0 Å². The number of carbonyl (C=O) groups is 1. The molecule has 1 aromatic heterocycles. The summed E-state index contributed by atoms with van der Waals surface area (Å²) in [4.78, 5) is 14.2. The summed E-state index contributed by atoms with van der Waals surface area (Å²) in [6.07, 6.45) is 0.815. The van der Waals surface area contributed by atoms with Crippen molar-refractivity contribution in [3.05, 3.63) is 52.4 Å². The van der Waals surface area contributed by atoms with Gasteiger partial charge >= 0.3 is 0 Å². The summed E-state index contributed by atoms with van der Waals surface area (Å²) in [5.74, 6) is -0.126. The first-order valence-electron chi connectivity index (χ1n) is 9.46. The predicted molar refractivity (Wildman–Crippen MR) is 112 cm³/mol. The van der Waals surface area contributed by atoms with E-state index in [1.54, 1.807) is 16.4 Å². The summed E-state index contributed by atoms with van der Waals surface area (Å²) < 4.78 is 28.0. The molecule has 1 saturated heterocycles. The fourth-order valence-corrected chi connectivity index (χ4v) is 6.22. The number of carbonyl (C=O) groups excluding carboxylic acids is 1. The molecule has 1 aliphatic rings. The fourth-order valence-electron chi connectivity index (χ4n) is 3.30. The molecule has 0 aliphatic carbocycles. The molecule has 0 radical (unpaired) electrons. The predicted octanol–water partition coefficient (Wildman–Crippen LogP) is 2.59. The van der Waals surface area contributed by atoms with Crippen LogP contribution in [0.5, 0.6) is 0 Å². The molecule has 3 rings (SSSR count). The van der Waals surface area contributed by atoms with Gasteiger partial charge in [0.1, 0.15) is 4.21 Å². The zero-order chi connectivity index (χ0) is 20.1. The van der Waals surface area contributed by atoms with Gasteiger partial charge < -0.3 is 5.32 Å². The van der Waals surface area contributed by atoms with Gasteiger partial charge in [-0.3, -0.25) is 9.69 Å². The molecular weight excluding hydrogens is 394 g/mol. The van der Waals surface area contributed by atoms with Crippen LogP contribution in [0.25, 0.3) is 0 Å². The van der Waals surface area contributed by atoms with Crippen LogP contribution in [0.1, 0.15) is 29.3 Å². The molecule has 1 amide bonds. The first-order chi connectivity index (χ1) is 13.4. The number of nitrogens with one attached hydrogen (secondary N) is 1. The highest BCUT2D eigenvalue weighted by Gasteiger charge is 2.28. The maximum atomic E-state index is 13.0. The second-order valence-corrected chi connectivity index (χ2v) is 10.4. The van der Waals surface area contributed by atoms with Crippen LogP contribution < -0.4 is 5.32 Å². The number of thiophene rings is 1. The summed E-state index contributed by atoms with van der Waals surface area (Å²) in [5, 5.41) is 2.71. The monoisotopic (exact) mass is 421 g/mol. The van der Waals surface area contributed by atoms with Crippen LogP contribution in [0, 0.1) is 6.92 Å². The Hall–Kier alpha value is -1.74. The van der Waals surface area contributed by atoms with Crippen LogP contribution in [0.15, 0.2) is 40.6 Å². The SMILES string of the molecule is CC(=O)NCc1ccc(S(=O)(=O)N2CCCN(Cc3ccccc3C)CC2)s1. The van der Waals surface area contributed by atoms with Gasteiger partial charge in [0.15, 0.2) is 0 Å². The van der Waals surface area contributed by atoms with E-state index in [4.69, 9.17) is 0 Å². The summed E-state index contributed by atoms with van der Waals surface area (Å²) in [6, 6.07) is 11.8. The lowest BCUT2D eigenvalue weighted by molar-refractivity contribution is -0.119. The van der Waals surface area contributed by atoms with Crippen molar-refractivity contribution in [3.8, 4) is 0 Å². The Kier molecular flexibility index (Phi) is 6.87. The van der Waals surface area contributed by atoms with E-state index in [9.17, 15) is 13.2 Å². The second kappa shape index (κ2) is 9.17. The molecule has 0 atom stereocenters. The van der Waals surface area contributed by atoms with Crippen molar-refractivity contribution in [2.75, 3.05) is 26.2 Å². The van der Waals surface area contributed by atoms with Gasteiger partial charge in [-0.25, -0.2) is 8.42 Å². The Bertz CT molecular complexity index is 924. The number of nitrogens with zero attached hydrogens (tertiary/aromatic N) is 2. The third kappa shape index (κ3) is 5.20. The van der Waals surface area contributed by atoms with Gasteiger partial charge in [0.05, 0.1) is 6.54 Å². The first-order valence-corrected chi connectivity index (χ1v) is 11.7. The molecule has 0 unspecified atom stereocenters. The summed E-state index contributed by atoms with van der Waals surface area (Å²) in [7, 11) is -3.50. The van der Waals surface area contributed by atoms with E-state index in [1.165, 1.54) is 29.4 Å². The Balaban J connectivity index is 1.64. The minimum Gasteiger partial charge on any atom is -0.351 e. The Labute approximate surface area is 171 Å². The molecule has 1 aliphatic heterocycles. The highest BCUT2D eigenvalue weighted by molar-refractivity contribution is 7.91. The molecule has 0 bridgehead atoms. The second-order valence-electron chi connectivity index (χ2n) is 7.09. The summed E-state index contributed by atoms with van der Waals surface area (Å²) in [5.41, 5.74) is 2.56. The van der Waals surface area contributed by atoms with Crippen LogP contribution in [0.3, 0.4) is 0 Å². The number of aryl methyl sites for hydroxylation is 1. The highest BCUT2D eigenvalue weighted by atomic mass is 32.2. The van der Waals surface area contributed by atoms with Gasteiger partial charge in [0.2, 0.25) is 5.91 Å². The zero-order valence-corrected chi connectivity index (χ0v) is 18.0. The van der Waals surface area contributed by atoms with Crippen LogP contribution in [-0.2, 0) is 27.9 Å². The van der Waals surface area contributed by atoms with Crippen molar-refractivity contribution >= 4 is 27.3 Å². The van der Waals surface area contributed by atoms with Crippen molar-refractivity contribution in [2.24, 2.45) is 0 Å². The lowest BCUT2D eigenvalue weighted by atomic mass is 10.1. The molecule has 152 valence electrons. The van der Waals surface area contributed by atoms with E-state index < -0.39 is 10.0 Å². The smallest absolute Gasteiger partial charge is 0.252 e. The average Bonchev–Trinajstić information content (AvgIpc) is 3.02. The fraction of sp³-hybridized carbons (Fsp3) is 0.450. The minimum atomic E-state index is -3.50. The molecule has 2 aromatic rings. The number of hydrogen-bond acceptors (Lipinski definition) is 5. The third-order valence-electron chi connectivity index (χ3n) is 4.95. The largest absolute Gasteiger partial charge is 0.351 e. The standard InChI is InChI=1S/C20H27N3O3S2/c1-16-6-3-4-7-18(16)15-22-10-5-11-23(13-12-22)28(25,26)20-9-8-19(27-20)14-21-17(2)24/h3-4,6-9H,5,10-15H2,1-2H3,(H,21,24). The maximum Gasteiger partial charge on any atom is 0.252 e. The Morgan fingerprint density at radius 3 is 2.64 bits per heavy atom. The first kappa shape index (κ1) is 21.0. The number of sulfonamides is 1. The third-order valence-corrected chi connectivity index (χ3v) is 8.40. The van der Waals surface area contributed by atoms with E-state index in [0.29, 0.717) is 23.8 Å². The number of amides is 1. The van der Waals surface area contributed by atoms with Gasteiger partial charge in [-0.15, -0.1) is 11.3 Å². The van der Waals surface area contributed by atoms with Crippen LogP contribution in [-0.4, -0.2) is 49.7 Å². The quantitative estimate of drug-likeness (QED) is 0.778. The Morgan fingerprint density at radius 2 is 1.89 bits per heavy atom. The zero-order valence-electron chi connectivity index (χ0n) is 16.3. The van der Waals surface area contributed by atoms with Crippen molar-refractivity contribution in [1.82, 2.24) is 14.5 Å². The van der Waals surface area contributed by atoms with E-state index in [2.05, 4.69) is 29.3 Å². The number of hydrogen-bond donors (Lipinski definition) is 1. The lowest BCUT2D eigenvalue weighted by Crippen LogP contribution is -2.34. The van der Waals surface area contributed by atoms with E-state index in [-0.39, 0.29) is 5.91 Å². The van der Waals surface area contributed by atoms with Crippen LogP contribution >= 0.6 is 11.3 Å². The molecule has 1 N–H and O–H groups in total. The van der Waals surface area contributed by atoms with Crippen molar-refractivity contribution in [3.63, 3.8) is 0 Å². The topological polar surface area (TPSA) is 69.7 Å². The highest BCUT2D eigenvalue weighted by Crippen LogP contribution is 2.26. The molecule has 8 heteroatoms. The summed E-state index contributed by atoms with van der Waals surface area (Å²) >= 11 is 1.23. The van der Waals surface area contributed by atoms with Crippen molar-refractivity contribution in [2.45, 2.75) is 37.6 Å². The van der Waals surface area contributed by atoms with Gasteiger partial charge in [0, 0.05) is 38.0 Å². The maximum absolute atomic E-state index is 13.0. The molecule has 28 heavy (non-hydrogen) atoms. The van der Waals surface area contributed by atoms with Gasteiger partial charge in [0.25, 0.3) is 10.0 Å². The molecule has 1 aromatic carbocycles. The molecule has 1 fully saturated rings. The van der Waals surface area contributed by atoms with Gasteiger partial charge in [-0.2, -0.15) is 4.31 Å². The van der Waals surface area contributed by atoms with Crippen molar-refractivity contribution < 1.29 is 13.2 Å². The van der Waals surface area contributed by atoms with Gasteiger partial charge in [-0.1, -0.05) is 24.3 Å². The summed E-state index contributed by atoms with van der Waals surface area (Å²) in [6.45, 7) is 7.40. The van der Waals surface area contributed by atoms with E-state index in [0.717, 1.165) is 30.9 Å². The van der Waals surface area contributed by atoms with Crippen molar-refractivity contribution in [1.29, 1.82) is 0 Å². The molecule has 2 heterocycles. The van der Waals surface area contributed by atoms with E-state index >= 15 is 0 Å². The van der Waals surface area contributed by atoms with Gasteiger partial charge in [-0.05, 0) is 43.1 Å². The number of benzene rings is 1. The molecule has 0 saturated carbocycles. The Morgan fingerprint density at radius 1 is 1.11 bits per heavy atom. The minimum absolute atomic E-state index is 0.126. The van der Waals surface area contributed by atoms with E-state index in [1.807, 2.05) is 12.1 Å². The molecule has 6 nitrogen and oxygen atoms in total. The normalized spacial score (nSPS) is 16.6. The molecule has 0 spiro atoms. The average molecular weight is 422 g/mol.